The Morgan fingerprint density at radius 2 is 1.25 bits per heavy atom. The number of ether oxygens (including phenoxy) is 3. The van der Waals surface area contributed by atoms with Crippen molar-refractivity contribution in [3.8, 4) is 0 Å². The van der Waals surface area contributed by atoms with Crippen molar-refractivity contribution < 1.29 is 23.8 Å². The van der Waals surface area contributed by atoms with Gasteiger partial charge in [0.05, 0.1) is 0 Å². The summed E-state index contributed by atoms with van der Waals surface area (Å²) in [6, 6.07) is 0. The van der Waals surface area contributed by atoms with Gasteiger partial charge in [-0.25, -0.2) is 4.79 Å². The summed E-state index contributed by atoms with van der Waals surface area (Å²) >= 11 is 0. The summed E-state index contributed by atoms with van der Waals surface area (Å²) in [5.41, 5.74) is 0. The van der Waals surface area contributed by atoms with E-state index in [0.717, 1.165) is 25.7 Å². The Labute approximate surface area is 147 Å². The minimum atomic E-state index is -0.497. The molecule has 0 rings (SSSR count). The summed E-state index contributed by atoms with van der Waals surface area (Å²) in [6.07, 6.45) is 6.54. The smallest absolute Gasteiger partial charge is 0.332 e. The number of esters is 1. The number of Topliss-reactive ketones (excluding diaryl/α,β-unsaturated/α-hetero) is 1. The van der Waals surface area contributed by atoms with E-state index in [1.165, 1.54) is 12.8 Å². The molecule has 0 amide bonds. The van der Waals surface area contributed by atoms with Gasteiger partial charge in [-0.1, -0.05) is 53.4 Å². The maximum atomic E-state index is 11.6. The standard InChI is InChI=1S/C19H36O5/c1-5-7-16(3)9-11-22-13-18(20)14-24-19(21)15-23-12-10-17(4)8-6-2/h16-17H,5-15H2,1-4H3. The van der Waals surface area contributed by atoms with Crippen molar-refractivity contribution in [1.29, 1.82) is 0 Å². The first-order chi connectivity index (χ1) is 11.5. The van der Waals surface area contributed by atoms with Gasteiger partial charge < -0.3 is 14.2 Å². The zero-order valence-electron chi connectivity index (χ0n) is 16.0. The van der Waals surface area contributed by atoms with Crippen LogP contribution in [-0.4, -0.2) is 44.8 Å². The number of ketones is 1. The second-order valence-electron chi connectivity index (χ2n) is 6.67. The fourth-order valence-electron chi connectivity index (χ4n) is 2.43. The lowest BCUT2D eigenvalue weighted by Gasteiger charge is -2.10. The molecule has 0 bridgehead atoms. The SMILES string of the molecule is CCCC(C)CCOCC(=O)COC(=O)COCCC(C)CCC. The molecule has 0 N–H and O–H groups in total. The number of hydrogen-bond acceptors (Lipinski definition) is 5. The molecule has 0 aliphatic heterocycles. The van der Waals surface area contributed by atoms with E-state index in [9.17, 15) is 9.59 Å². The van der Waals surface area contributed by atoms with E-state index in [0.29, 0.717) is 25.0 Å². The molecular formula is C19H36O5. The Morgan fingerprint density at radius 3 is 1.75 bits per heavy atom. The lowest BCUT2D eigenvalue weighted by molar-refractivity contribution is -0.153. The van der Waals surface area contributed by atoms with Crippen LogP contribution in [0, 0.1) is 11.8 Å². The molecule has 2 unspecified atom stereocenters. The summed E-state index contributed by atoms with van der Waals surface area (Å²) in [7, 11) is 0. The third-order valence-electron chi connectivity index (χ3n) is 3.95. The van der Waals surface area contributed by atoms with Crippen LogP contribution in [0.3, 0.4) is 0 Å². The maximum absolute atomic E-state index is 11.6. The van der Waals surface area contributed by atoms with Gasteiger partial charge in [0, 0.05) is 13.2 Å². The lowest BCUT2D eigenvalue weighted by atomic mass is 10.0. The number of rotatable bonds is 16. The Hall–Kier alpha value is -0.940. The fourth-order valence-corrected chi connectivity index (χ4v) is 2.43. The molecule has 0 aromatic rings. The predicted molar refractivity (Wildman–Crippen MR) is 95.0 cm³/mol. The van der Waals surface area contributed by atoms with Gasteiger partial charge in [0.25, 0.3) is 0 Å². The molecular weight excluding hydrogens is 308 g/mol. The molecule has 0 aromatic carbocycles. The number of carbonyl (C=O) groups excluding carboxylic acids is 2. The van der Waals surface area contributed by atoms with E-state index in [-0.39, 0.29) is 25.6 Å². The van der Waals surface area contributed by atoms with Crippen molar-refractivity contribution in [2.75, 3.05) is 33.0 Å². The third kappa shape index (κ3) is 14.6. The summed E-state index contributed by atoms with van der Waals surface area (Å²) < 4.78 is 15.5. The predicted octanol–water partition coefficient (Wildman–Crippen LogP) is 3.78. The van der Waals surface area contributed by atoms with E-state index in [4.69, 9.17) is 14.2 Å². The van der Waals surface area contributed by atoms with Gasteiger partial charge in [0.2, 0.25) is 0 Å². The Bertz CT molecular complexity index is 298. The van der Waals surface area contributed by atoms with Crippen molar-refractivity contribution in [1.82, 2.24) is 0 Å². The van der Waals surface area contributed by atoms with E-state index < -0.39 is 5.97 Å². The normalized spacial score (nSPS) is 13.5. The van der Waals surface area contributed by atoms with Crippen molar-refractivity contribution in [2.45, 2.75) is 66.2 Å². The minimum absolute atomic E-state index is 0.00150. The van der Waals surface area contributed by atoms with Gasteiger partial charge in [0.1, 0.15) is 13.2 Å². The van der Waals surface area contributed by atoms with Crippen molar-refractivity contribution in [3.05, 3.63) is 0 Å². The van der Waals surface area contributed by atoms with Crippen molar-refractivity contribution >= 4 is 11.8 Å². The zero-order chi connectivity index (χ0) is 18.2. The highest BCUT2D eigenvalue weighted by Gasteiger charge is 2.09. The molecule has 0 saturated carbocycles. The average Bonchev–Trinajstić information content (AvgIpc) is 2.54. The lowest BCUT2D eigenvalue weighted by Crippen LogP contribution is -2.21. The topological polar surface area (TPSA) is 61.8 Å². The number of carbonyl (C=O) groups is 2. The molecule has 0 saturated heterocycles. The minimum Gasteiger partial charge on any atom is -0.456 e. The summed E-state index contributed by atoms with van der Waals surface area (Å²) in [5.74, 6) is 0.496. The van der Waals surface area contributed by atoms with Crippen LogP contribution < -0.4 is 0 Å². The van der Waals surface area contributed by atoms with Crippen LogP contribution in [0.1, 0.15) is 66.2 Å². The van der Waals surface area contributed by atoms with Crippen molar-refractivity contribution in [2.24, 2.45) is 11.8 Å². The van der Waals surface area contributed by atoms with Gasteiger partial charge in [-0.2, -0.15) is 0 Å². The van der Waals surface area contributed by atoms with Crippen LogP contribution >= 0.6 is 0 Å². The van der Waals surface area contributed by atoms with Gasteiger partial charge in [-0.15, -0.1) is 0 Å². The Balaban J connectivity index is 3.53. The van der Waals surface area contributed by atoms with Crippen molar-refractivity contribution in [3.63, 3.8) is 0 Å². The molecule has 2 atom stereocenters. The van der Waals surface area contributed by atoms with Crippen LogP contribution in [0.25, 0.3) is 0 Å². The number of hydrogen-bond donors (Lipinski definition) is 0. The van der Waals surface area contributed by atoms with E-state index in [1.807, 2.05) is 0 Å². The van der Waals surface area contributed by atoms with Crippen LogP contribution in [-0.2, 0) is 23.8 Å². The zero-order valence-corrected chi connectivity index (χ0v) is 16.0. The van der Waals surface area contributed by atoms with E-state index in [1.54, 1.807) is 0 Å². The molecule has 0 fully saturated rings. The maximum Gasteiger partial charge on any atom is 0.332 e. The first kappa shape index (κ1) is 23.1. The Kier molecular flexibility index (Phi) is 15.0. The van der Waals surface area contributed by atoms with Gasteiger partial charge in [0.15, 0.2) is 12.4 Å². The monoisotopic (exact) mass is 344 g/mol. The molecule has 5 heteroatoms. The highest BCUT2D eigenvalue weighted by atomic mass is 16.6. The van der Waals surface area contributed by atoms with Crippen LogP contribution in [0.4, 0.5) is 0 Å². The molecule has 5 nitrogen and oxygen atoms in total. The molecule has 142 valence electrons. The molecule has 0 heterocycles. The van der Waals surface area contributed by atoms with Crippen LogP contribution in [0.2, 0.25) is 0 Å². The molecule has 0 aromatic heterocycles. The average molecular weight is 344 g/mol. The van der Waals surface area contributed by atoms with Gasteiger partial charge >= 0.3 is 5.97 Å². The van der Waals surface area contributed by atoms with Gasteiger partial charge in [-0.05, 0) is 24.7 Å². The van der Waals surface area contributed by atoms with Gasteiger partial charge in [-0.3, -0.25) is 4.79 Å². The quantitative estimate of drug-likeness (QED) is 0.315. The second-order valence-corrected chi connectivity index (χ2v) is 6.67. The van der Waals surface area contributed by atoms with Crippen LogP contribution in [0.5, 0.6) is 0 Å². The second kappa shape index (κ2) is 15.6. The van der Waals surface area contributed by atoms with Crippen LogP contribution in [0.15, 0.2) is 0 Å². The summed E-state index contributed by atoms with van der Waals surface area (Å²) in [6.45, 7) is 9.45. The highest BCUT2D eigenvalue weighted by Crippen LogP contribution is 2.10. The Morgan fingerprint density at radius 1 is 0.750 bits per heavy atom. The highest BCUT2D eigenvalue weighted by molar-refractivity contribution is 5.83. The fraction of sp³-hybridized carbons (Fsp3) is 0.895. The molecule has 24 heavy (non-hydrogen) atoms. The molecule has 0 spiro atoms. The first-order valence-corrected chi connectivity index (χ1v) is 9.32. The molecule has 0 aliphatic carbocycles. The summed E-state index contributed by atoms with van der Waals surface area (Å²) in [5, 5.41) is 0. The molecule has 0 aliphatic rings. The largest absolute Gasteiger partial charge is 0.456 e. The first-order valence-electron chi connectivity index (χ1n) is 9.32. The van der Waals surface area contributed by atoms with E-state index in [2.05, 4.69) is 27.7 Å². The molecule has 0 radical (unpaired) electrons. The summed E-state index contributed by atoms with van der Waals surface area (Å²) in [4.78, 5) is 23.0. The third-order valence-corrected chi connectivity index (χ3v) is 3.95. The van der Waals surface area contributed by atoms with E-state index >= 15 is 0 Å².